The van der Waals surface area contributed by atoms with E-state index >= 15 is 0 Å². The Hall–Kier alpha value is -4.03. The van der Waals surface area contributed by atoms with Crippen LogP contribution >= 0.6 is 11.3 Å². The van der Waals surface area contributed by atoms with E-state index in [1.165, 1.54) is 42.2 Å². The third-order valence-electron chi connectivity index (χ3n) is 7.75. The van der Waals surface area contributed by atoms with E-state index in [4.69, 9.17) is 13.9 Å². The molecule has 4 aromatic rings. The lowest BCUT2D eigenvalue weighted by Gasteiger charge is -2.30. The molecule has 0 bridgehead atoms. The van der Waals surface area contributed by atoms with E-state index in [0.29, 0.717) is 52.3 Å². The molecule has 1 atom stereocenters. The zero-order valence-corrected chi connectivity index (χ0v) is 25.6. The van der Waals surface area contributed by atoms with Crippen molar-refractivity contribution in [2.75, 3.05) is 0 Å². The highest BCUT2D eigenvalue weighted by Gasteiger charge is 2.36. The first-order chi connectivity index (χ1) is 20.4. The molecule has 1 aliphatic carbocycles. The number of hydrogen-bond acceptors (Lipinski definition) is 9. The number of benzene rings is 1. The predicted molar refractivity (Wildman–Crippen MR) is 161 cm³/mol. The van der Waals surface area contributed by atoms with Gasteiger partial charge in [-0.25, -0.2) is 19.1 Å². The van der Waals surface area contributed by atoms with E-state index in [1.807, 2.05) is 38.1 Å². The topological polar surface area (TPSA) is 143 Å². The second-order valence-electron chi connectivity index (χ2n) is 11.5. The number of carbonyl (C=O) groups is 2. The number of rotatable bonds is 10. The van der Waals surface area contributed by atoms with Gasteiger partial charge in [0.1, 0.15) is 34.3 Å². The van der Waals surface area contributed by atoms with Gasteiger partial charge in [0, 0.05) is 18.4 Å². The molecule has 3 heterocycles. The molecule has 0 unspecified atom stereocenters. The Labute approximate surface area is 251 Å². The molecule has 11 nitrogen and oxygen atoms in total. The largest absolute Gasteiger partial charge is 0.491 e. The van der Waals surface area contributed by atoms with Gasteiger partial charge in [-0.3, -0.25) is 14.2 Å². The van der Waals surface area contributed by atoms with Crippen LogP contribution in [0.5, 0.6) is 5.75 Å². The number of carboxylic acid groups (broad SMARTS) is 1. The second kappa shape index (κ2) is 11.9. The Morgan fingerprint density at radius 1 is 1.19 bits per heavy atom. The summed E-state index contributed by atoms with van der Waals surface area (Å²) in [6, 6.07) is 7.40. The van der Waals surface area contributed by atoms with Gasteiger partial charge < -0.3 is 19.0 Å². The lowest BCUT2D eigenvalue weighted by Crippen LogP contribution is -2.52. The van der Waals surface area contributed by atoms with Crippen molar-refractivity contribution in [1.29, 1.82) is 0 Å². The number of fused-ring (bicyclic) bond motifs is 1. The van der Waals surface area contributed by atoms with E-state index in [-0.39, 0.29) is 35.8 Å². The van der Waals surface area contributed by atoms with Crippen LogP contribution in [0.25, 0.3) is 21.0 Å². The number of para-hydroxylation sites is 1. The fourth-order valence-electron chi connectivity index (χ4n) is 5.41. The Balaban J connectivity index is 1.74. The van der Waals surface area contributed by atoms with E-state index in [1.54, 1.807) is 6.92 Å². The van der Waals surface area contributed by atoms with Gasteiger partial charge in [0.15, 0.2) is 0 Å². The molecule has 12 heteroatoms. The summed E-state index contributed by atoms with van der Waals surface area (Å²) in [6.45, 7) is 8.16. The molecule has 1 aliphatic rings. The summed E-state index contributed by atoms with van der Waals surface area (Å²) in [4.78, 5) is 57.6. The molecular weight excluding hydrogens is 574 g/mol. The van der Waals surface area contributed by atoms with Crippen molar-refractivity contribution in [3.63, 3.8) is 0 Å². The van der Waals surface area contributed by atoms with Crippen LogP contribution in [0.15, 0.2) is 50.7 Å². The fraction of sp³-hybridized carbons (Fsp3) is 0.452. The van der Waals surface area contributed by atoms with Crippen molar-refractivity contribution in [3.8, 4) is 16.5 Å². The van der Waals surface area contributed by atoms with Crippen molar-refractivity contribution in [2.45, 2.75) is 90.7 Å². The molecule has 1 fully saturated rings. The van der Waals surface area contributed by atoms with Crippen LogP contribution in [0.1, 0.15) is 70.6 Å². The standard InChI is InChI=1S/C31H35N3O8S/c1-17(2)41-22-9-7-6-8-21(22)23(42-20-12-10-19(35)11-13-20)16-33-28-24(18(3)25(43-28)26-32-14-15-40-26)27(36)34(30(33)39)31(4,5)29(37)38/h6-9,14-15,17,20,23H,10-13,16H2,1-5H3,(H,37,38)/t23-/m0/s1. The van der Waals surface area contributed by atoms with Crippen LogP contribution in [0, 0.1) is 6.92 Å². The first-order valence-electron chi connectivity index (χ1n) is 14.3. The second-order valence-corrected chi connectivity index (χ2v) is 12.5. The van der Waals surface area contributed by atoms with Gasteiger partial charge in [-0.05, 0) is 59.1 Å². The normalized spacial score (nSPS) is 15.3. The van der Waals surface area contributed by atoms with Crippen LogP contribution in [0.2, 0.25) is 0 Å². The number of carbonyl (C=O) groups excluding carboxylic acids is 1. The molecule has 1 aromatic carbocycles. The minimum atomic E-state index is -1.85. The van der Waals surface area contributed by atoms with E-state index in [0.717, 1.165) is 4.57 Å². The van der Waals surface area contributed by atoms with Crippen molar-refractivity contribution in [1.82, 2.24) is 14.1 Å². The Kier molecular flexibility index (Phi) is 8.44. The number of hydrogen-bond donors (Lipinski definition) is 1. The van der Waals surface area contributed by atoms with Gasteiger partial charge >= 0.3 is 11.7 Å². The number of aromatic nitrogens is 3. The quantitative estimate of drug-likeness (QED) is 0.261. The van der Waals surface area contributed by atoms with E-state index < -0.39 is 28.9 Å². The summed E-state index contributed by atoms with van der Waals surface area (Å²) in [7, 11) is 0. The summed E-state index contributed by atoms with van der Waals surface area (Å²) in [5, 5.41) is 10.3. The Morgan fingerprint density at radius 2 is 1.88 bits per heavy atom. The lowest BCUT2D eigenvalue weighted by molar-refractivity contribution is -0.146. The fourth-order valence-corrected chi connectivity index (χ4v) is 6.65. The summed E-state index contributed by atoms with van der Waals surface area (Å²) in [6.07, 6.45) is 3.72. The minimum Gasteiger partial charge on any atom is -0.491 e. The maximum Gasteiger partial charge on any atom is 0.333 e. The molecule has 0 spiro atoms. The van der Waals surface area contributed by atoms with Crippen LogP contribution < -0.4 is 16.0 Å². The van der Waals surface area contributed by atoms with Gasteiger partial charge in [0.05, 0.1) is 35.2 Å². The van der Waals surface area contributed by atoms with Crippen molar-refractivity contribution < 1.29 is 28.6 Å². The molecule has 43 heavy (non-hydrogen) atoms. The third-order valence-corrected chi connectivity index (χ3v) is 9.05. The van der Waals surface area contributed by atoms with Crippen LogP contribution in [0.4, 0.5) is 0 Å². The molecule has 1 N–H and O–H groups in total. The summed E-state index contributed by atoms with van der Waals surface area (Å²) >= 11 is 1.18. The molecule has 5 rings (SSSR count). The van der Waals surface area contributed by atoms with E-state index in [2.05, 4.69) is 4.98 Å². The lowest BCUT2D eigenvalue weighted by atomic mass is 9.96. The molecular formula is C31H35N3O8S. The smallest absolute Gasteiger partial charge is 0.333 e. The number of Topliss-reactive ketones (excluding diaryl/α,β-unsaturated/α-hetero) is 1. The van der Waals surface area contributed by atoms with Crippen molar-refractivity contribution >= 4 is 33.3 Å². The highest BCUT2D eigenvalue weighted by atomic mass is 32.1. The SMILES string of the molecule is Cc1c(-c2ncco2)sc2c1c(=O)n(C(C)(C)C(=O)O)c(=O)n2C[C@H](OC1CCC(=O)CC1)c1ccccc1OC(C)C. The average molecular weight is 610 g/mol. The number of ketones is 1. The number of aliphatic carboxylic acids is 1. The summed E-state index contributed by atoms with van der Waals surface area (Å²) < 4.78 is 20.5. The summed E-state index contributed by atoms with van der Waals surface area (Å²) in [5.41, 5.74) is -2.10. The van der Waals surface area contributed by atoms with Crippen LogP contribution in [-0.2, 0) is 26.4 Å². The van der Waals surface area contributed by atoms with Gasteiger partial charge in [-0.2, -0.15) is 0 Å². The number of thiophene rings is 1. The zero-order chi connectivity index (χ0) is 31.1. The predicted octanol–water partition coefficient (Wildman–Crippen LogP) is 5.06. The van der Waals surface area contributed by atoms with Crippen LogP contribution in [0.3, 0.4) is 0 Å². The third kappa shape index (κ3) is 5.81. The molecule has 0 radical (unpaired) electrons. The van der Waals surface area contributed by atoms with Gasteiger partial charge in [0.25, 0.3) is 5.56 Å². The molecule has 3 aromatic heterocycles. The molecule has 1 saturated carbocycles. The maximum atomic E-state index is 14.2. The number of aryl methyl sites for hydroxylation is 1. The first-order valence-corrected chi connectivity index (χ1v) is 15.1. The number of ether oxygens (including phenoxy) is 2. The maximum absolute atomic E-state index is 14.2. The molecule has 228 valence electrons. The van der Waals surface area contributed by atoms with E-state index in [9.17, 15) is 24.3 Å². The molecule has 0 amide bonds. The number of oxazole rings is 1. The highest BCUT2D eigenvalue weighted by Crippen LogP contribution is 2.38. The Morgan fingerprint density at radius 3 is 2.51 bits per heavy atom. The minimum absolute atomic E-state index is 0.0425. The van der Waals surface area contributed by atoms with Gasteiger partial charge in [0.2, 0.25) is 5.89 Å². The van der Waals surface area contributed by atoms with Crippen LogP contribution in [-0.4, -0.2) is 43.2 Å². The Bertz CT molecular complexity index is 1770. The zero-order valence-electron chi connectivity index (χ0n) is 24.8. The number of nitrogens with zero attached hydrogens (tertiary/aromatic N) is 3. The first kappa shape index (κ1) is 30.4. The van der Waals surface area contributed by atoms with Gasteiger partial charge in [-0.15, -0.1) is 11.3 Å². The molecule has 0 aliphatic heterocycles. The monoisotopic (exact) mass is 609 g/mol. The average Bonchev–Trinajstić information content (AvgIpc) is 3.59. The molecule has 0 saturated heterocycles. The van der Waals surface area contributed by atoms with Gasteiger partial charge in [-0.1, -0.05) is 18.2 Å². The summed E-state index contributed by atoms with van der Waals surface area (Å²) in [5.74, 6) is -0.264. The van der Waals surface area contributed by atoms with Crippen molar-refractivity contribution in [2.24, 2.45) is 0 Å². The van der Waals surface area contributed by atoms with Crippen molar-refractivity contribution in [3.05, 3.63) is 68.7 Å². The number of carboxylic acids is 1. The highest BCUT2D eigenvalue weighted by molar-refractivity contribution is 7.22.